The van der Waals surface area contributed by atoms with E-state index in [-0.39, 0.29) is 24.3 Å². The highest BCUT2D eigenvalue weighted by Crippen LogP contribution is 2.26. The van der Waals surface area contributed by atoms with Crippen LogP contribution in [0.1, 0.15) is 26.2 Å². The van der Waals surface area contributed by atoms with Crippen molar-refractivity contribution >= 4 is 28.5 Å². The van der Waals surface area contributed by atoms with Gasteiger partial charge >= 0.3 is 12.0 Å². The second kappa shape index (κ2) is 6.65. The molecule has 0 saturated carbocycles. The summed E-state index contributed by atoms with van der Waals surface area (Å²) in [4.78, 5) is 24.6. The van der Waals surface area contributed by atoms with Crippen molar-refractivity contribution in [2.75, 3.05) is 18.4 Å². The summed E-state index contributed by atoms with van der Waals surface area (Å²) in [6, 6.07) is -0.186. The maximum absolute atomic E-state index is 12.1. The summed E-state index contributed by atoms with van der Waals surface area (Å²) in [6.45, 7) is 3.23. The van der Waals surface area contributed by atoms with Gasteiger partial charge in [-0.3, -0.25) is 10.1 Å². The summed E-state index contributed by atoms with van der Waals surface area (Å²) in [5.41, 5.74) is 1.56. The lowest BCUT2D eigenvalue weighted by atomic mass is 9.85. The Balaban J connectivity index is 1.89. The number of piperidine rings is 1. The van der Waals surface area contributed by atoms with Gasteiger partial charge in [0.1, 0.15) is 5.51 Å². The summed E-state index contributed by atoms with van der Waals surface area (Å²) in [7, 11) is 0. The number of carboxylic acid groups (broad SMARTS) is 1. The molecule has 1 aromatic rings. The molecule has 2 N–H and O–H groups in total. The number of hydrogen-bond acceptors (Lipinski definition) is 5. The fourth-order valence-electron chi connectivity index (χ4n) is 2.50. The minimum absolute atomic E-state index is 0.0737. The van der Waals surface area contributed by atoms with Gasteiger partial charge in [0, 0.05) is 19.5 Å². The summed E-state index contributed by atoms with van der Waals surface area (Å²) < 4.78 is 0. The summed E-state index contributed by atoms with van der Waals surface area (Å²) >= 11 is 1.27. The molecule has 2 atom stereocenters. The number of aromatic nitrogens is 2. The molecule has 2 heterocycles. The lowest BCUT2D eigenvalue weighted by molar-refractivity contribution is -0.138. The lowest BCUT2D eigenvalue weighted by Crippen LogP contribution is -2.44. The maximum Gasteiger partial charge on any atom is 0.323 e. The first kappa shape index (κ1) is 14.7. The molecule has 8 heteroatoms. The van der Waals surface area contributed by atoms with Gasteiger partial charge in [0.15, 0.2) is 0 Å². The average Bonchev–Trinajstić information content (AvgIpc) is 2.91. The molecule has 0 bridgehead atoms. The van der Waals surface area contributed by atoms with Gasteiger partial charge in [0.05, 0.1) is 0 Å². The van der Waals surface area contributed by atoms with E-state index in [4.69, 9.17) is 5.11 Å². The monoisotopic (exact) mass is 298 g/mol. The number of carbonyl (C=O) groups excluding carboxylic acids is 1. The second-order valence-corrected chi connectivity index (χ2v) is 5.93. The normalized spacial score (nSPS) is 20.4. The van der Waals surface area contributed by atoms with Crippen LogP contribution in [-0.4, -0.2) is 45.3 Å². The van der Waals surface area contributed by atoms with Crippen molar-refractivity contribution in [2.45, 2.75) is 26.2 Å². The summed E-state index contributed by atoms with van der Waals surface area (Å²) in [5, 5.41) is 19.5. The molecule has 2 amide bonds. The Morgan fingerprint density at radius 1 is 1.65 bits per heavy atom. The van der Waals surface area contributed by atoms with Crippen LogP contribution in [0, 0.1) is 11.8 Å². The molecule has 1 aliphatic rings. The molecule has 2 unspecified atom stereocenters. The van der Waals surface area contributed by atoms with E-state index in [1.165, 1.54) is 11.3 Å². The van der Waals surface area contributed by atoms with Gasteiger partial charge in [-0.05, 0) is 24.7 Å². The number of amides is 2. The Labute approximate surface area is 121 Å². The van der Waals surface area contributed by atoms with Crippen molar-refractivity contribution in [3.8, 4) is 0 Å². The molecule has 7 nitrogen and oxygen atoms in total. The molecule has 0 aliphatic carbocycles. The number of aliphatic carboxylic acids is 1. The highest BCUT2D eigenvalue weighted by molar-refractivity contribution is 7.13. The Kier molecular flexibility index (Phi) is 4.89. The van der Waals surface area contributed by atoms with Crippen LogP contribution in [0.25, 0.3) is 0 Å². The van der Waals surface area contributed by atoms with Crippen molar-refractivity contribution in [3.05, 3.63) is 5.51 Å². The second-order valence-electron chi connectivity index (χ2n) is 5.10. The Bertz CT molecular complexity index is 465. The first-order valence-electron chi connectivity index (χ1n) is 6.60. The maximum atomic E-state index is 12.1. The smallest absolute Gasteiger partial charge is 0.323 e. The van der Waals surface area contributed by atoms with Gasteiger partial charge in [0.25, 0.3) is 0 Å². The Morgan fingerprint density at radius 2 is 2.45 bits per heavy atom. The van der Waals surface area contributed by atoms with E-state index < -0.39 is 5.97 Å². The Hall–Kier alpha value is -1.70. The predicted octanol–water partition coefficient (Wildman–Crippen LogP) is 1.89. The lowest BCUT2D eigenvalue weighted by Gasteiger charge is -2.35. The van der Waals surface area contributed by atoms with E-state index in [2.05, 4.69) is 15.5 Å². The van der Waals surface area contributed by atoms with Gasteiger partial charge in [-0.25, -0.2) is 4.79 Å². The zero-order valence-electron chi connectivity index (χ0n) is 11.3. The van der Waals surface area contributed by atoms with E-state index in [1.54, 1.807) is 10.4 Å². The molecule has 20 heavy (non-hydrogen) atoms. The first-order chi connectivity index (χ1) is 9.56. The van der Waals surface area contributed by atoms with Crippen LogP contribution in [0.2, 0.25) is 0 Å². The number of likely N-dealkylation sites (tertiary alicyclic amines) is 1. The predicted molar refractivity (Wildman–Crippen MR) is 74.6 cm³/mol. The van der Waals surface area contributed by atoms with Crippen molar-refractivity contribution < 1.29 is 14.7 Å². The van der Waals surface area contributed by atoms with Crippen LogP contribution < -0.4 is 5.32 Å². The molecular weight excluding hydrogens is 280 g/mol. The van der Waals surface area contributed by atoms with Crippen LogP contribution in [0.4, 0.5) is 9.93 Å². The quantitative estimate of drug-likeness (QED) is 0.885. The molecule has 1 fully saturated rings. The van der Waals surface area contributed by atoms with Crippen LogP contribution in [0.3, 0.4) is 0 Å². The fraction of sp³-hybridized carbons (Fsp3) is 0.667. The third kappa shape index (κ3) is 3.89. The van der Waals surface area contributed by atoms with Gasteiger partial charge in [-0.2, -0.15) is 0 Å². The molecule has 110 valence electrons. The van der Waals surface area contributed by atoms with E-state index in [0.717, 1.165) is 12.8 Å². The minimum Gasteiger partial charge on any atom is -0.481 e. The molecule has 1 saturated heterocycles. The number of carboxylic acids is 1. The molecule has 1 aliphatic heterocycles. The first-order valence-corrected chi connectivity index (χ1v) is 7.48. The number of hydrogen-bond donors (Lipinski definition) is 2. The minimum atomic E-state index is -0.784. The molecule has 0 spiro atoms. The standard InChI is InChI=1S/C12H18N4O3S/c1-8(5-10(17)18)9-3-2-4-16(6-9)12(19)14-11-15-13-7-20-11/h7-9H,2-6H2,1H3,(H,17,18)(H,14,15,19). The van der Waals surface area contributed by atoms with Gasteiger partial charge in [-0.15, -0.1) is 10.2 Å². The SMILES string of the molecule is CC(CC(=O)O)C1CCCN(C(=O)Nc2nncs2)C1. The zero-order valence-corrected chi connectivity index (χ0v) is 12.1. The van der Waals surface area contributed by atoms with E-state index >= 15 is 0 Å². The number of carbonyl (C=O) groups is 2. The summed E-state index contributed by atoms with van der Waals surface area (Å²) in [6.07, 6.45) is 2.02. The molecule has 0 aromatic carbocycles. The van der Waals surface area contributed by atoms with E-state index in [9.17, 15) is 9.59 Å². The number of urea groups is 1. The molecule has 2 rings (SSSR count). The number of nitrogens with one attached hydrogen (secondary N) is 1. The van der Waals surface area contributed by atoms with Gasteiger partial charge in [-0.1, -0.05) is 18.3 Å². The topological polar surface area (TPSA) is 95.4 Å². The van der Waals surface area contributed by atoms with E-state index in [1.807, 2.05) is 6.92 Å². The number of rotatable bonds is 4. The van der Waals surface area contributed by atoms with Crippen LogP contribution in [-0.2, 0) is 4.79 Å². The van der Waals surface area contributed by atoms with Gasteiger partial charge < -0.3 is 10.0 Å². The van der Waals surface area contributed by atoms with Crippen molar-refractivity contribution in [1.82, 2.24) is 15.1 Å². The molecule has 1 aromatic heterocycles. The molecular formula is C12H18N4O3S. The van der Waals surface area contributed by atoms with Crippen molar-refractivity contribution in [2.24, 2.45) is 11.8 Å². The van der Waals surface area contributed by atoms with Crippen molar-refractivity contribution in [1.29, 1.82) is 0 Å². The largest absolute Gasteiger partial charge is 0.481 e. The zero-order chi connectivity index (χ0) is 14.5. The number of nitrogens with zero attached hydrogens (tertiary/aromatic N) is 3. The highest BCUT2D eigenvalue weighted by atomic mass is 32.1. The third-order valence-corrected chi connectivity index (χ3v) is 4.23. The molecule has 0 radical (unpaired) electrons. The fourth-order valence-corrected chi connectivity index (χ4v) is 2.93. The number of anilines is 1. The summed E-state index contributed by atoms with van der Waals surface area (Å²) in [5.74, 6) is -0.474. The van der Waals surface area contributed by atoms with Gasteiger partial charge in [0.2, 0.25) is 5.13 Å². The van der Waals surface area contributed by atoms with Crippen LogP contribution >= 0.6 is 11.3 Å². The van der Waals surface area contributed by atoms with Crippen LogP contribution in [0.5, 0.6) is 0 Å². The Morgan fingerprint density at radius 3 is 3.10 bits per heavy atom. The third-order valence-electron chi connectivity index (χ3n) is 3.62. The average molecular weight is 298 g/mol. The van der Waals surface area contributed by atoms with Crippen LogP contribution in [0.15, 0.2) is 5.51 Å². The van der Waals surface area contributed by atoms with Crippen molar-refractivity contribution in [3.63, 3.8) is 0 Å². The van der Waals surface area contributed by atoms with E-state index in [0.29, 0.717) is 18.2 Å². The highest BCUT2D eigenvalue weighted by Gasteiger charge is 2.28.